The van der Waals surface area contributed by atoms with Crippen molar-refractivity contribution in [3.8, 4) is 11.5 Å². The number of sulfone groups is 1. The number of hydrogen-bond donors (Lipinski definition) is 0. The minimum atomic E-state index is -4.33. The minimum absolute atomic E-state index is 0.0457. The van der Waals surface area contributed by atoms with Crippen molar-refractivity contribution in [2.24, 2.45) is 11.3 Å². The molecule has 2 aromatic carbocycles. The van der Waals surface area contributed by atoms with Gasteiger partial charge in [0, 0.05) is 24.1 Å². The summed E-state index contributed by atoms with van der Waals surface area (Å²) in [5.74, 6) is 0.155. The Morgan fingerprint density at radius 1 is 1.07 bits per heavy atom. The Morgan fingerprint density at radius 3 is 2.54 bits per heavy atom. The summed E-state index contributed by atoms with van der Waals surface area (Å²) in [7, 11) is -3.16. The second-order valence-electron chi connectivity index (χ2n) is 12.2. The van der Waals surface area contributed by atoms with E-state index in [-0.39, 0.29) is 16.7 Å². The fraction of sp³-hybridized carbons (Fsp3) is 0.467. The van der Waals surface area contributed by atoms with E-state index >= 15 is 0 Å². The summed E-state index contributed by atoms with van der Waals surface area (Å²) in [5.41, 5.74) is 0.103. The van der Waals surface area contributed by atoms with Crippen molar-refractivity contribution >= 4 is 20.0 Å². The second kappa shape index (κ2) is 7.75. The van der Waals surface area contributed by atoms with Crippen LogP contribution >= 0.6 is 0 Å². The maximum absolute atomic E-state index is 14.3. The zero-order valence-corrected chi connectivity index (χ0v) is 24.8. The smallest absolute Gasteiger partial charge is 0.338 e. The van der Waals surface area contributed by atoms with Crippen molar-refractivity contribution in [1.82, 2.24) is 4.90 Å². The summed E-state index contributed by atoms with van der Waals surface area (Å²) in [6.07, 6.45) is 4.64. The van der Waals surface area contributed by atoms with E-state index in [0.717, 1.165) is 28.6 Å². The van der Waals surface area contributed by atoms with Crippen LogP contribution < -0.4 is 9.47 Å². The Labute approximate surface area is 239 Å². The van der Waals surface area contributed by atoms with Crippen LogP contribution in [0.1, 0.15) is 23.1 Å². The number of ether oxygens (including phenoxy) is 3. The first-order valence-electron chi connectivity index (χ1n) is 13.8. The fourth-order valence-corrected chi connectivity index (χ4v) is 12.7. The molecule has 3 heterocycles. The van der Waals surface area contributed by atoms with Crippen molar-refractivity contribution in [3.63, 3.8) is 0 Å². The molecular weight excluding hydrogens is 566 g/mol. The maximum atomic E-state index is 14.3. The number of hydrogen-bond acceptors (Lipinski definition) is 9. The van der Waals surface area contributed by atoms with Crippen molar-refractivity contribution in [3.05, 3.63) is 76.4 Å². The molecule has 0 amide bonds. The fourth-order valence-electron chi connectivity index (χ4n) is 9.32. The van der Waals surface area contributed by atoms with E-state index in [2.05, 4.69) is 17.0 Å². The number of aryl methyl sites for hydroxylation is 1. The van der Waals surface area contributed by atoms with Crippen LogP contribution in [0.4, 0.5) is 0 Å². The van der Waals surface area contributed by atoms with E-state index in [1.54, 1.807) is 19.2 Å². The molecule has 7 aliphatic rings. The van der Waals surface area contributed by atoms with Gasteiger partial charge < -0.3 is 23.3 Å². The second-order valence-corrected chi connectivity index (χ2v) is 15.7. The number of piperidine rings is 1. The summed E-state index contributed by atoms with van der Waals surface area (Å²) < 4.78 is 80.4. The van der Waals surface area contributed by atoms with Gasteiger partial charge in [0.25, 0.3) is 0 Å². The van der Waals surface area contributed by atoms with E-state index in [0.29, 0.717) is 24.3 Å². The van der Waals surface area contributed by atoms with Gasteiger partial charge in [-0.15, -0.1) is 0 Å². The summed E-state index contributed by atoms with van der Waals surface area (Å²) >= 11 is 0. The molecule has 4 bridgehead atoms. The SMILES string of the molecule is COc1ccc2c3c1O[C@H]1[C@]4(OC)C=C[C@@]5([C@H](C2)N(C)CC[C@]315)[C@H]1[C@@H]4C(OS(=O)(=O)c2ccc(C)cc2)=CS1(=O)=O. The number of likely N-dealkylation sites (tertiary alicyclic amines) is 1. The third kappa shape index (κ3) is 2.75. The molecule has 9 nitrogen and oxygen atoms in total. The molecule has 4 aliphatic carbocycles. The Morgan fingerprint density at radius 2 is 1.83 bits per heavy atom. The molecule has 2 spiro atoms. The van der Waals surface area contributed by atoms with Crippen molar-refractivity contribution < 1.29 is 35.2 Å². The number of benzene rings is 2. The third-order valence-corrected chi connectivity index (χ3v) is 14.0. The van der Waals surface area contributed by atoms with Gasteiger partial charge in [-0.3, -0.25) is 0 Å². The van der Waals surface area contributed by atoms with Crippen molar-refractivity contribution in [2.75, 3.05) is 27.8 Å². The van der Waals surface area contributed by atoms with E-state index in [4.69, 9.17) is 18.4 Å². The molecular formula is C30H31NO8S2. The molecule has 3 aliphatic heterocycles. The highest BCUT2D eigenvalue weighted by Gasteiger charge is 2.85. The van der Waals surface area contributed by atoms with Crippen LogP contribution in [0, 0.1) is 18.3 Å². The van der Waals surface area contributed by atoms with E-state index in [1.807, 2.05) is 26.1 Å². The van der Waals surface area contributed by atoms with Gasteiger partial charge in [-0.2, -0.15) is 8.42 Å². The molecule has 0 N–H and O–H groups in total. The van der Waals surface area contributed by atoms with Gasteiger partial charge in [0.2, 0.25) is 0 Å². The van der Waals surface area contributed by atoms with Gasteiger partial charge in [-0.1, -0.05) is 35.9 Å². The summed E-state index contributed by atoms with van der Waals surface area (Å²) in [6, 6.07) is 10.1. The lowest BCUT2D eigenvalue weighted by molar-refractivity contribution is -0.206. The molecule has 2 aromatic rings. The van der Waals surface area contributed by atoms with Crippen LogP contribution in [0.15, 0.2) is 64.6 Å². The lowest BCUT2D eigenvalue weighted by Crippen LogP contribution is -2.83. The molecule has 1 saturated heterocycles. The first-order valence-corrected chi connectivity index (χ1v) is 16.8. The van der Waals surface area contributed by atoms with E-state index < -0.39 is 53.7 Å². The maximum Gasteiger partial charge on any atom is 0.338 e. The standard InChI is InChI=1S/C30H31NO8S2/c1-17-5-8-19(9-6-17)41(34,35)39-21-16-40(32,33)26-24(21)30(37-4)12-11-28(26)22-15-18-7-10-20(36-3)25-23(18)29(28,27(30)38-25)13-14-31(22)2/h5-12,16,22,24,26-27H,13-15H2,1-4H3/t22-,24-,26+,27+,28+,29-,30-/m0/s1. The predicted molar refractivity (Wildman–Crippen MR) is 149 cm³/mol. The summed E-state index contributed by atoms with van der Waals surface area (Å²) in [4.78, 5) is 2.20. The van der Waals surface area contributed by atoms with Crippen molar-refractivity contribution in [1.29, 1.82) is 0 Å². The molecule has 2 fully saturated rings. The number of likely N-dealkylation sites (N-methyl/N-ethyl adjacent to an activating group) is 1. The highest BCUT2D eigenvalue weighted by atomic mass is 32.2. The Kier molecular flexibility index (Phi) is 4.88. The van der Waals surface area contributed by atoms with Gasteiger partial charge in [0.1, 0.15) is 22.4 Å². The minimum Gasteiger partial charge on any atom is -0.493 e. The van der Waals surface area contributed by atoms with Gasteiger partial charge in [-0.05, 0) is 57.1 Å². The number of nitrogens with zero attached hydrogens (tertiary/aromatic N) is 1. The van der Waals surface area contributed by atoms with E-state index in [9.17, 15) is 16.8 Å². The highest BCUT2D eigenvalue weighted by molar-refractivity contribution is 7.95. The van der Waals surface area contributed by atoms with Gasteiger partial charge in [0.05, 0.1) is 29.1 Å². The highest BCUT2D eigenvalue weighted by Crippen LogP contribution is 2.77. The largest absolute Gasteiger partial charge is 0.493 e. The molecule has 0 unspecified atom stereocenters. The summed E-state index contributed by atoms with van der Waals surface area (Å²) in [6.45, 7) is 2.61. The Bertz CT molecular complexity index is 1800. The van der Waals surface area contributed by atoms with Crippen LogP contribution in [0.2, 0.25) is 0 Å². The Hall–Kier alpha value is -2.86. The van der Waals surface area contributed by atoms with Crippen LogP contribution in [0.5, 0.6) is 11.5 Å². The third-order valence-electron chi connectivity index (χ3n) is 10.8. The van der Waals surface area contributed by atoms with Crippen LogP contribution in [-0.4, -0.2) is 72.5 Å². The molecule has 41 heavy (non-hydrogen) atoms. The number of methoxy groups -OCH3 is 2. The Balaban J connectivity index is 1.37. The normalized spacial score (nSPS) is 38.6. The van der Waals surface area contributed by atoms with E-state index in [1.165, 1.54) is 19.2 Å². The van der Waals surface area contributed by atoms with Crippen LogP contribution in [0.25, 0.3) is 0 Å². The van der Waals surface area contributed by atoms with Gasteiger partial charge >= 0.3 is 10.1 Å². The topological polar surface area (TPSA) is 108 Å². The predicted octanol–water partition coefficient (Wildman–Crippen LogP) is 2.88. The molecule has 216 valence electrons. The zero-order chi connectivity index (χ0) is 28.7. The lowest BCUT2D eigenvalue weighted by Gasteiger charge is -2.72. The van der Waals surface area contributed by atoms with Gasteiger partial charge in [-0.25, -0.2) is 8.42 Å². The molecule has 0 aromatic heterocycles. The molecule has 11 heteroatoms. The summed E-state index contributed by atoms with van der Waals surface area (Å²) in [5, 5.41) is 0.0347. The van der Waals surface area contributed by atoms with Crippen LogP contribution in [0.3, 0.4) is 0 Å². The first-order chi connectivity index (χ1) is 19.5. The number of rotatable bonds is 5. The average Bonchev–Trinajstić information content (AvgIpc) is 3.44. The monoisotopic (exact) mass is 597 g/mol. The molecule has 7 atom stereocenters. The molecule has 1 saturated carbocycles. The first kappa shape index (κ1) is 25.8. The van der Waals surface area contributed by atoms with Crippen LogP contribution in [-0.2, 0) is 40.7 Å². The molecule has 0 radical (unpaired) electrons. The van der Waals surface area contributed by atoms with Gasteiger partial charge in [0.15, 0.2) is 21.3 Å². The molecule has 9 rings (SSSR count). The zero-order valence-electron chi connectivity index (χ0n) is 23.2. The lowest BCUT2D eigenvalue weighted by atomic mass is 9.37. The van der Waals surface area contributed by atoms with Crippen molar-refractivity contribution in [2.45, 2.75) is 53.1 Å². The quantitative estimate of drug-likeness (QED) is 0.380. The average molecular weight is 598 g/mol.